The summed E-state index contributed by atoms with van der Waals surface area (Å²) in [7, 11) is 0. The molecule has 2 nitrogen and oxygen atoms in total. The molecule has 0 amide bonds. The third-order valence-corrected chi connectivity index (χ3v) is 2.83. The summed E-state index contributed by atoms with van der Waals surface area (Å²) in [5.41, 5.74) is 1.81. The van der Waals surface area contributed by atoms with Crippen molar-refractivity contribution in [2.45, 2.75) is 6.10 Å². The summed E-state index contributed by atoms with van der Waals surface area (Å²) in [5, 5.41) is 0.632. The molecule has 0 aliphatic heterocycles. The molecule has 0 saturated carbocycles. The van der Waals surface area contributed by atoms with Gasteiger partial charge in [-0.1, -0.05) is 54.1 Å². The molecule has 94 valence electrons. The van der Waals surface area contributed by atoms with Crippen LogP contribution in [0.5, 0.6) is 0 Å². The third kappa shape index (κ3) is 3.61. The minimum atomic E-state index is -0.403. The van der Waals surface area contributed by atoms with Crippen LogP contribution in [0, 0.1) is 0 Å². The Morgan fingerprint density at radius 1 is 0.889 bits per heavy atom. The van der Waals surface area contributed by atoms with Crippen LogP contribution >= 0.6 is 35.2 Å². The van der Waals surface area contributed by atoms with Gasteiger partial charge in [0.1, 0.15) is 6.10 Å². The maximum atomic E-state index is 5.98. The molecule has 0 saturated heterocycles. The summed E-state index contributed by atoms with van der Waals surface area (Å²) in [6.07, 6.45) is -0.403. The van der Waals surface area contributed by atoms with Crippen LogP contribution in [0.15, 0.2) is 54.6 Å². The Bertz CT molecular complexity index is 505. The first kappa shape index (κ1) is 13.7. The minimum Gasteiger partial charge on any atom is -0.256 e. The maximum absolute atomic E-state index is 5.98. The molecule has 1 atom stereocenters. The highest BCUT2D eigenvalue weighted by atomic mass is 35.5. The summed E-state index contributed by atoms with van der Waals surface area (Å²) in [6.45, 7) is 0. The molecule has 0 N–H and O–H groups in total. The van der Waals surface area contributed by atoms with Gasteiger partial charge in [-0.05, 0) is 27.4 Å². The standard InChI is InChI=1S/C13H10Cl3NO/c14-12-8-4-7-11(9-12)13(18-17(15)16)10-5-2-1-3-6-10/h1-9,13H. The van der Waals surface area contributed by atoms with E-state index in [1.807, 2.05) is 48.5 Å². The van der Waals surface area contributed by atoms with Gasteiger partial charge in [-0.15, -0.1) is 0 Å². The van der Waals surface area contributed by atoms with Gasteiger partial charge in [0.25, 0.3) is 0 Å². The summed E-state index contributed by atoms with van der Waals surface area (Å²) < 4.78 is 0.651. The van der Waals surface area contributed by atoms with E-state index >= 15 is 0 Å². The number of hydrogen-bond donors (Lipinski definition) is 0. The van der Waals surface area contributed by atoms with Crippen LogP contribution in [0.4, 0.5) is 0 Å². The van der Waals surface area contributed by atoms with Crippen molar-refractivity contribution >= 4 is 35.2 Å². The van der Waals surface area contributed by atoms with Gasteiger partial charge >= 0.3 is 0 Å². The second-order valence-corrected chi connectivity index (χ2v) is 4.88. The van der Waals surface area contributed by atoms with Crippen molar-refractivity contribution in [3.8, 4) is 0 Å². The Labute approximate surface area is 121 Å². The van der Waals surface area contributed by atoms with E-state index in [2.05, 4.69) is 0 Å². The van der Waals surface area contributed by atoms with Gasteiger partial charge in [0, 0.05) is 28.6 Å². The van der Waals surface area contributed by atoms with Gasteiger partial charge in [0.05, 0.1) is 0 Å². The van der Waals surface area contributed by atoms with Crippen LogP contribution in [-0.2, 0) is 4.84 Å². The molecule has 0 fully saturated rings. The van der Waals surface area contributed by atoms with Crippen molar-refractivity contribution in [1.82, 2.24) is 4.10 Å². The van der Waals surface area contributed by atoms with E-state index in [1.54, 1.807) is 6.07 Å². The normalized spacial score (nSPS) is 12.7. The second-order valence-electron chi connectivity index (χ2n) is 3.65. The average molecular weight is 303 g/mol. The zero-order chi connectivity index (χ0) is 13.0. The van der Waals surface area contributed by atoms with E-state index in [0.29, 0.717) is 9.12 Å². The fraction of sp³-hybridized carbons (Fsp3) is 0.0769. The summed E-state index contributed by atoms with van der Waals surface area (Å²) in [4.78, 5) is 5.38. The molecule has 18 heavy (non-hydrogen) atoms. The Morgan fingerprint density at radius 2 is 1.56 bits per heavy atom. The Morgan fingerprint density at radius 3 is 2.17 bits per heavy atom. The largest absolute Gasteiger partial charge is 0.256 e. The number of benzene rings is 2. The van der Waals surface area contributed by atoms with E-state index in [-0.39, 0.29) is 0 Å². The number of nitrogens with zero attached hydrogens (tertiary/aromatic N) is 1. The highest BCUT2D eigenvalue weighted by molar-refractivity contribution is 6.32. The Hall–Kier alpha value is -0.770. The first-order chi connectivity index (χ1) is 8.66. The summed E-state index contributed by atoms with van der Waals surface area (Å²) in [6, 6.07) is 17.0. The zero-order valence-corrected chi connectivity index (χ0v) is 11.5. The molecular weight excluding hydrogens is 293 g/mol. The van der Waals surface area contributed by atoms with E-state index < -0.39 is 6.10 Å². The van der Waals surface area contributed by atoms with E-state index in [1.165, 1.54) is 0 Å². The van der Waals surface area contributed by atoms with Gasteiger partial charge in [-0.25, -0.2) is 0 Å². The lowest BCUT2D eigenvalue weighted by atomic mass is 10.0. The topological polar surface area (TPSA) is 12.5 Å². The molecule has 2 aromatic rings. The summed E-state index contributed by atoms with van der Waals surface area (Å²) in [5.74, 6) is 0. The van der Waals surface area contributed by atoms with Crippen LogP contribution in [0.25, 0.3) is 0 Å². The van der Waals surface area contributed by atoms with Gasteiger partial charge in [0.15, 0.2) is 0 Å². The molecule has 5 heteroatoms. The monoisotopic (exact) mass is 301 g/mol. The van der Waals surface area contributed by atoms with Crippen molar-refractivity contribution in [1.29, 1.82) is 0 Å². The molecular formula is C13H10Cl3NO. The molecule has 0 spiro atoms. The highest BCUT2D eigenvalue weighted by Crippen LogP contribution is 2.29. The quantitative estimate of drug-likeness (QED) is 0.584. The van der Waals surface area contributed by atoms with E-state index in [4.69, 9.17) is 40.0 Å². The fourth-order valence-corrected chi connectivity index (χ4v) is 2.05. The Kier molecular flexibility index (Phi) is 4.87. The van der Waals surface area contributed by atoms with Crippen molar-refractivity contribution in [3.63, 3.8) is 0 Å². The maximum Gasteiger partial charge on any atom is 0.132 e. The highest BCUT2D eigenvalue weighted by Gasteiger charge is 2.17. The smallest absolute Gasteiger partial charge is 0.132 e. The Balaban J connectivity index is 2.37. The first-order valence-corrected chi connectivity index (χ1v) is 6.31. The first-order valence-electron chi connectivity index (χ1n) is 5.25. The molecule has 0 heterocycles. The SMILES string of the molecule is Clc1cccc(C(ON(Cl)Cl)c2ccccc2)c1. The van der Waals surface area contributed by atoms with Crippen LogP contribution in [-0.4, -0.2) is 4.10 Å². The van der Waals surface area contributed by atoms with E-state index in [9.17, 15) is 0 Å². The molecule has 2 aromatic carbocycles. The van der Waals surface area contributed by atoms with Crippen molar-refractivity contribution in [2.75, 3.05) is 0 Å². The molecule has 0 aromatic heterocycles. The van der Waals surface area contributed by atoms with Crippen LogP contribution in [0.3, 0.4) is 0 Å². The van der Waals surface area contributed by atoms with Gasteiger partial charge in [0.2, 0.25) is 0 Å². The number of halogens is 3. The molecule has 0 radical (unpaired) electrons. The minimum absolute atomic E-state index is 0.403. The second kappa shape index (κ2) is 6.41. The van der Waals surface area contributed by atoms with Crippen LogP contribution in [0.2, 0.25) is 5.02 Å². The number of rotatable bonds is 4. The fourth-order valence-electron chi connectivity index (χ4n) is 1.69. The van der Waals surface area contributed by atoms with Crippen molar-refractivity contribution < 1.29 is 4.84 Å². The average Bonchev–Trinajstić information content (AvgIpc) is 2.37. The molecule has 0 bridgehead atoms. The van der Waals surface area contributed by atoms with Crippen LogP contribution < -0.4 is 0 Å². The van der Waals surface area contributed by atoms with Crippen LogP contribution in [0.1, 0.15) is 17.2 Å². The lowest BCUT2D eigenvalue weighted by Crippen LogP contribution is -2.10. The van der Waals surface area contributed by atoms with Crippen molar-refractivity contribution in [3.05, 3.63) is 70.7 Å². The third-order valence-electron chi connectivity index (χ3n) is 2.44. The zero-order valence-electron chi connectivity index (χ0n) is 9.26. The predicted octanol–water partition coefficient (Wildman–Crippen LogP) is 4.97. The van der Waals surface area contributed by atoms with Gasteiger partial charge < -0.3 is 0 Å². The lowest BCUT2D eigenvalue weighted by molar-refractivity contribution is -0.0558. The summed E-state index contributed by atoms with van der Waals surface area (Å²) >= 11 is 17.1. The van der Waals surface area contributed by atoms with E-state index in [0.717, 1.165) is 11.1 Å². The molecule has 1 unspecified atom stereocenters. The number of hydrogen-bond acceptors (Lipinski definition) is 2. The van der Waals surface area contributed by atoms with Gasteiger partial charge in [-0.2, -0.15) is 0 Å². The van der Waals surface area contributed by atoms with Crippen molar-refractivity contribution in [2.24, 2.45) is 0 Å². The van der Waals surface area contributed by atoms with Gasteiger partial charge in [-0.3, -0.25) is 4.84 Å². The molecule has 0 aliphatic rings. The predicted molar refractivity (Wildman–Crippen MR) is 74.4 cm³/mol. The molecule has 2 rings (SSSR count). The lowest BCUT2D eigenvalue weighted by Gasteiger charge is -2.19. The molecule has 0 aliphatic carbocycles.